The van der Waals surface area contributed by atoms with Crippen molar-refractivity contribution >= 4 is 11.8 Å². The van der Waals surface area contributed by atoms with Gasteiger partial charge in [0.1, 0.15) is 30.5 Å². The van der Waals surface area contributed by atoms with Gasteiger partial charge in [-0.15, -0.1) is 0 Å². The summed E-state index contributed by atoms with van der Waals surface area (Å²) in [6.07, 6.45) is 0. The maximum Gasteiger partial charge on any atom is 0.255 e. The zero-order chi connectivity index (χ0) is 27.2. The molecule has 4 aromatic rings. The minimum absolute atomic E-state index is 0.198. The second-order valence-corrected chi connectivity index (χ2v) is 9.37. The fraction of sp³-hybridized carbons (Fsp3) is 0.188. The summed E-state index contributed by atoms with van der Waals surface area (Å²) < 4.78 is 18.1. The van der Waals surface area contributed by atoms with E-state index in [1.54, 1.807) is 31.4 Å². The summed E-state index contributed by atoms with van der Waals surface area (Å²) in [7, 11) is 1.60. The number of aryl methyl sites for hydroxylation is 1. The molecule has 7 heteroatoms. The molecule has 1 heterocycles. The number of carbonyl (C=O) groups excluding carboxylic acids is 2. The molecule has 4 aromatic carbocycles. The third kappa shape index (κ3) is 6.04. The van der Waals surface area contributed by atoms with Crippen LogP contribution in [0.5, 0.6) is 17.2 Å². The molecule has 0 spiro atoms. The van der Waals surface area contributed by atoms with Crippen molar-refractivity contribution in [3.05, 3.63) is 124 Å². The molecule has 0 saturated carbocycles. The molecule has 7 nitrogen and oxygen atoms in total. The first-order chi connectivity index (χ1) is 19.0. The number of ether oxygens (including phenoxy) is 3. The fourth-order valence-corrected chi connectivity index (χ4v) is 4.68. The lowest BCUT2D eigenvalue weighted by Gasteiger charge is -2.18. The molecule has 1 aliphatic rings. The summed E-state index contributed by atoms with van der Waals surface area (Å²) in [4.78, 5) is 26.2. The third-order valence-electron chi connectivity index (χ3n) is 6.52. The van der Waals surface area contributed by atoms with Crippen LogP contribution < -0.4 is 24.8 Å². The molecular formula is C32H30N2O5. The number of fused-ring (bicyclic) bond motifs is 6. The van der Waals surface area contributed by atoms with Crippen molar-refractivity contribution in [2.24, 2.45) is 0 Å². The van der Waals surface area contributed by atoms with Crippen LogP contribution in [0.2, 0.25) is 0 Å². The van der Waals surface area contributed by atoms with Crippen LogP contribution in [0.3, 0.4) is 0 Å². The monoisotopic (exact) mass is 522 g/mol. The van der Waals surface area contributed by atoms with E-state index in [4.69, 9.17) is 14.2 Å². The van der Waals surface area contributed by atoms with Gasteiger partial charge >= 0.3 is 0 Å². The van der Waals surface area contributed by atoms with E-state index in [1.807, 2.05) is 67.6 Å². The summed E-state index contributed by atoms with van der Waals surface area (Å²) in [6.45, 7) is 3.05. The summed E-state index contributed by atoms with van der Waals surface area (Å²) in [6, 6.07) is 26.1. The van der Waals surface area contributed by atoms with Gasteiger partial charge in [0, 0.05) is 24.2 Å². The Hall–Kier alpha value is -4.78. The first kappa shape index (κ1) is 25.9. The van der Waals surface area contributed by atoms with E-state index < -0.39 is 0 Å². The number of hydrogen-bond acceptors (Lipinski definition) is 5. The second-order valence-electron chi connectivity index (χ2n) is 9.37. The average Bonchev–Trinajstić information content (AvgIpc) is 2.96. The predicted octanol–water partition coefficient (Wildman–Crippen LogP) is 5.34. The van der Waals surface area contributed by atoms with Crippen molar-refractivity contribution in [2.45, 2.75) is 33.2 Å². The molecule has 2 amide bonds. The standard InChI is InChI=1S/C32H30N2O5/c1-21-14-24-19-38-28-12-5-3-10-26(28)31(35)33-17-22-8-7-9-23(16-22)18-34-32(36)27-11-4-6-13-29(27)39-20-25(15-21)30(24)37-2/h3-16H,17-20H2,1-2H3,(H,33,35)(H,34,36). The first-order valence-electron chi connectivity index (χ1n) is 12.8. The molecule has 0 saturated heterocycles. The van der Waals surface area contributed by atoms with Crippen LogP contribution in [0.25, 0.3) is 0 Å². The number of nitrogens with one attached hydrogen (secondary N) is 2. The van der Waals surface area contributed by atoms with Gasteiger partial charge in [-0.05, 0) is 54.4 Å². The van der Waals surface area contributed by atoms with Gasteiger partial charge in [0.15, 0.2) is 0 Å². The summed E-state index contributed by atoms with van der Waals surface area (Å²) in [5, 5.41) is 5.96. The van der Waals surface area contributed by atoms with E-state index in [0.29, 0.717) is 41.5 Å². The number of para-hydroxylation sites is 2. The van der Waals surface area contributed by atoms with Gasteiger partial charge in [-0.25, -0.2) is 0 Å². The highest BCUT2D eigenvalue weighted by Crippen LogP contribution is 2.30. The predicted molar refractivity (Wildman–Crippen MR) is 148 cm³/mol. The topological polar surface area (TPSA) is 85.9 Å². The molecule has 0 aromatic heterocycles. The Kier molecular flexibility index (Phi) is 7.78. The lowest BCUT2D eigenvalue weighted by atomic mass is 10.0. The minimum atomic E-state index is -0.236. The van der Waals surface area contributed by atoms with Gasteiger partial charge in [-0.2, -0.15) is 0 Å². The minimum Gasteiger partial charge on any atom is -0.496 e. The number of carbonyl (C=O) groups is 2. The SMILES string of the molecule is COc1c2cc(C)cc1COc1ccccc1C(=O)NCc1cccc(c1)CNC(=O)c1ccccc1OC2. The van der Waals surface area contributed by atoms with E-state index in [1.165, 1.54) is 0 Å². The van der Waals surface area contributed by atoms with Gasteiger partial charge < -0.3 is 24.8 Å². The number of hydrogen-bond donors (Lipinski definition) is 2. The second kappa shape index (κ2) is 11.7. The van der Waals surface area contributed by atoms with Crippen LogP contribution in [0.15, 0.2) is 84.9 Å². The molecule has 2 N–H and O–H groups in total. The van der Waals surface area contributed by atoms with E-state index >= 15 is 0 Å². The van der Waals surface area contributed by atoms with Crippen molar-refractivity contribution in [3.63, 3.8) is 0 Å². The molecular weight excluding hydrogens is 492 g/mol. The zero-order valence-electron chi connectivity index (χ0n) is 22.0. The Bertz CT molecular complexity index is 1410. The molecule has 0 aliphatic carbocycles. The fourth-order valence-electron chi connectivity index (χ4n) is 4.68. The molecule has 0 atom stereocenters. The zero-order valence-corrected chi connectivity index (χ0v) is 22.0. The quantitative estimate of drug-likeness (QED) is 0.353. The van der Waals surface area contributed by atoms with Gasteiger partial charge in [-0.1, -0.05) is 54.1 Å². The third-order valence-corrected chi connectivity index (χ3v) is 6.52. The smallest absolute Gasteiger partial charge is 0.255 e. The Labute approximate surface area is 227 Å². The number of rotatable bonds is 1. The summed E-state index contributed by atoms with van der Waals surface area (Å²) in [5.74, 6) is 1.13. The lowest BCUT2D eigenvalue weighted by molar-refractivity contribution is 0.0938. The molecule has 1 aliphatic heterocycles. The maximum absolute atomic E-state index is 13.1. The molecule has 4 bridgehead atoms. The van der Waals surface area contributed by atoms with Gasteiger partial charge in [0.05, 0.1) is 18.2 Å². The number of methoxy groups -OCH3 is 1. The Morgan fingerprint density at radius 1 is 0.667 bits per heavy atom. The molecule has 0 fully saturated rings. The Morgan fingerprint density at radius 2 is 1.15 bits per heavy atom. The number of amides is 2. The Balaban J connectivity index is 1.52. The van der Waals surface area contributed by atoms with Crippen molar-refractivity contribution in [1.82, 2.24) is 10.6 Å². The lowest BCUT2D eigenvalue weighted by Crippen LogP contribution is -2.25. The van der Waals surface area contributed by atoms with Gasteiger partial charge in [-0.3, -0.25) is 9.59 Å². The summed E-state index contributed by atoms with van der Waals surface area (Å²) in [5.41, 5.74) is 5.39. The van der Waals surface area contributed by atoms with Crippen LogP contribution in [0.1, 0.15) is 48.5 Å². The van der Waals surface area contributed by atoms with Crippen molar-refractivity contribution in [3.8, 4) is 17.2 Å². The average molecular weight is 523 g/mol. The van der Waals surface area contributed by atoms with Gasteiger partial charge in [0.25, 0.3) is 11.8 Å². The van der Waals surface area contributed by atoms with Crippen LogP contribution >= 0.6 is 0 Å². The van der Waals surface area contributed by atoms with Crippen LogP contribution in [-0.2, 0) is 26.3 Å². The van der Waals surface area contributed by atoms with Gasteiger partial charge in [0.2, 0.25) is 0 Å². The van der Waals surface area contributed by atoms with Crippen molar-refractivity contribution in [1.29, 1.82) is 0 Å². The highest BCUT2D eigenvalue weighted by atomic mass is 16.5. The molecule has 39 heavy (non-hydrogen) atoms. The maximum atomic E-state index is 13.1. The highest BCUT2D eigenvalue weighted by molar-refractivity contribution is 5.97. The summed E-state index contributed by atoms with van der Waals surface area (Å²) >= 11 is 0. The van der Waals surface area contributed by atoms with Crippen LogP contribution in [0.4, 0.5) is 0 Å². The van der Waals surface area contributed by atoms with E-state index in [2.05, 4.69) is 10.6 Å². The molecule has 0 radical (unpaired) electrons. The Morgan fingerprint density at radius 3 is 1.64 bits per heavy atom. The molecule has 5 rings (SSSR count). The van der Waals surface area contributed by atoms with Crippen molar-refractivity contribution in [2.75, 3.05) is 7.11 Å². The molecule has 0 unspecified atom stereocenters. The largest absolute Gasteiger partial charge is 0.496 e. The van der Waals surface area contributed by atoms with Crippen LogP contribution in [0, 0.1) is 6.92 Å². The van der Waals surface area contributed by atoms with Crippen molar-refractivity contribution < 1.29 is 23.8 Å². The van der Waals surface area contributed by atoms with E-state index in [9.17, 15) is 9.59 Å². The van der Waals surface area contributed by atoms with E-state index in [0.717, 1.165) is 27.8 Å². The highest BCUT2D eigenvalue weighted by Gasteiger charge is 2.18. The number of benzene rings is 4. The van der Waals surface area contributed by atoms with E-state index in [-0.39, 0.29) is 25.0 Å². The molecule has 198 valence electrons. The normalized spacial score (nSPS) is 13.9. The first-order valence-corrected chi connectivity index (χ1v) is 12.8. The van der Waals surface area contributed by atoms with Crippen LogP contribution in [-0.4, -0.2) is 18.9 Å².